The average molecular weight is 204 g/mol. The zero-order valence-electron chi connectivity index (χ0n) is 7.13. The van der Waals surface area contributed by atoms with Gasteiger partial charge in [-0.25, -0.2) is 4.79 Å². The molecule has 0 saturated carbocycles. The average Bonchev–Trinajstić information content (AvgIpc) is 2.48. The topological polar surface area (TPSA) is 81.0 Å². The monoisotopic (exact) mass is 203 g/mol. The predicted molar refractivity (Wildman–Crippen MR) is 47.7 cm³/mol. The van der Waals surface area contributed by atoms with Crippen LogP contribution in [0, 0.1) is 0 Å². The van der Waals surface area contributed by atoms with Crippen molar-refractivity contribution in [1.82, 2.24) is 10.2 Å². The van der Waals surface area contributed by atoms with E-state index < -0.39 is 5.97 Å². The normalized spacial score (nSPS) is 10.1. The Morgan fingerprint density at radius 3 is 3.00 bits per heavy atom. The van der Waals surface area contributed by atoms with Crippen molar-refractivity contribution in [2.45, 2.75) is 6.42 Å². The van der Waals surface area contributed by atoms with Gasteiger partial charge < -0.3 is 10.5 Å². The fraction of sp³-hybridized carbons (Fsp3) is 0.429. The fourth-order valence-corrected chi connectivity index (χ4v) is 1.16. The second-order valence-corrected chi connectivity index (χ2v) is 2.77. The van der Waals surface area contributed by atoms with E-state index in [-0.39, 0.29) is 10.7 Å². The van der Waals surface area contributed by atoms with Crippen LogP contribution in [0.1, 0.15) is 16.2 Å². The lowest BCUT2D eigenvalue weighted by atomic mass is 10.3. The molecule has 0 aromatic carbocycles. The van der Waals surface area contributed by atoms with E-state index >= 15 is 0 Å². The number of aromatic nitrogens is 2. The number of H-pyrrole nitrogens is 1. The molecular weight excluding hydrogens is 194 g/mol. The summed E-state index contributed by atoms with van der Waals surface area (Å²) in [5.41, 5.74) is 6.09. The second-order valence-electron chi connectivity index (χ2n) is 2.40. The van der Waals surface area contributed by atoms with Crippen LogP contribution in [0.3, 0.4) is 0 Å². The first-order chi connectivity index (χ1) is 6.20. The van der Waals surface area contributed by atoms with Gasteiger partial charge in [-0.05, 0) is 6.54 Å². The van der Waals surface area contributed by atoms with Gasteiger partial charge in [-0.2, -0.15) is 5.10 Å². The standard InChI is InChI=1S/C7H10ClN3O2/c1-13-7(12)6-5(8)4(2-3-9)10-11-6/h2-3,9H2,1H3,(H,10,11). The van der Waals surface area contributed by atoms with Crippen LogP contribution in [-0.4, -0.2) is 29.8 Å². The SMILES string of the molecule is COC(=O)c1n[nH]c(CCN)c1Cl. The van der Waals surface area contributed by atoms with Crippen LogP contribution in [0.5, 0.6) is 0 Å². The molecular formula is C7H10ClN3O2. The molecule has 0 spiro atoms. The summed E-state index contributed by atoms with van der Waals surface area (Å²) < 4.78 is 4.47. The number of nitrogens with zero attached hydrogens (tertiary/aromatic N) is 1. The summed E-state index contributed by atoms with van der Waals surface area (Å²) in [6.45, 7) is 0.447. The van der Waals surface area contributed by atoms with Gasteiger partial charge in [0.1, 0.15) is 0 Å². The number of methoxy groups -OCH3 is 1. The van der Waals surface area contributed by atoms with Crippen molar-refractivity contribution in [3.8, 4) is 0 Å². The lowest BCUT2D eigenvalue weighted by Gasteiger charge is -1.94. The molecule has 0 bridgehead atoms. The van der Waals surface area contributed by atoms with E-state index in [2.05, 4.69) is 14.9 Å². The van der Waals surface area contributed by atoms with Crippen LogP contribution >= 0.6 is 11.6 Å². The second kappa shape index (κ2) is 4.25. The van der Waals surface area contributed by atoms with Crippen LogP contribution in [0.2, 0.25) is 5.02 Å². The van der Waals surface area contributed by atoms with Gasteiger partial charge >= 0.3 is 5.97 Å². The van der Waals surface area contributed by atoms with E-state index in [1.54, 1.807) is 0 Å². The summed E-state index contributed by atoms with van der Waals surface area (Å²) in [5.74, 6) is -0.551. The first-order valence-electron chi connectivity index (χ1n) is 3.71. The van der Waals surface area contributed by atoms with Crippen molar-refractivity contribution in [2.75, 3.05) is 13.7 Å². The van der Waals surface area contributed by atoms with E-state index in [1.165, 1.54) is 7.11 Å². The van der Waals surface area contributed by atoms with Crippen LogP contribution in [-0.2, 0) is 11.2 Å². The van der Waals surface area contributed by atoms with Crippen LogP contribution < -0.4 is 5.73 Å². The van der Waals surface area contributed by atoms with Crippen LogP contribution in [0.25, 0.3) is 0 Å². The maximum atomic E-state index is 11.0. The number of hydrogen-bond acceptors (Lipinski definition) is 4. The van der Waals surface area contributed by atoms with Crippen molar-refractivity contribution < 1.29 is 9.53 Å². The number of rotatable bonds is 3. The Kier molecular flexibility index (Phi) is 3.27. The Labute approximate surface area is 80.2 Å². The highest BCUT2D eigenvalue weighted by molar-refractivity contribution is 6.33. The summed E-state index contributed by atoms with van der Waals surface area (Å²) in [5, 5.41) is 6.63. The maximum Gasteiger partial charge on any atom is 0.360 e. The molecule has 0 aliphatic heterocycles. The number of nitrogens with one attached hydrogen (secondary N) is 1. The number of carbonyl (C=O) groups is 1. The minimum absolute atomic E-state index is 0.104. The van der Waals surface area contributed by atoms with E-state index in [0.29, 0.717) is 18.7 Å². The molecule has 0 aliphatic rings. The molecule has 0 aliphatic carbocycles. The number of esters is 1. The summed E-state index contributed by atoms with van der Waals surface area (Å²) in [6.07, 6.45) is 0.558. The minimum atomic E-state index is -0.551. The van der Waals surface area contributed by atoms with Gasteiger partial charge in [0.2, 0.25) is 0 Å². The zero-order valence-corrected chi connectivity index (χ0v) is 7.89. The maximum absolute atomic E-state index is 11.0. The van der Waals surface area contributed by atoms with Gasteiger partial charge in [-0.3, -0.25) is 5.10 Å². The highest BCUT2D eigenvalue weighted by atomic mass is 35.5. The smallest absolute Gasteiger partial charge is 0.360 e. The third-order valence-electron chi connectivity index (χ3n) is 1.55. The molecule has 1 heterocycles. The number of ether oxygens (including phenoxy) is 1. The van der Waals surface area contributed by atoms with Crippen molar-refractivity contribution in [1.29, 1.82) is 0 Å². The molecule has 13 heavy (non-hydrogen) atoms. The van der Waals surface area contributed by atoms with Gasteiger partial charge in [0, 0.05) is 6.42 Å². The molecule has 1 aromatic heterocycles. The lowest BCUT2D eigenvalue weighted by Crippen LogP contribution is -2.04. The summed E-state index contributed by atoms with van der Waals surface area (Å²) >= 11 is 5.83. The van der Waals surface area contributed by atoms with E-state index in [1.807, 2.05) is 0 Å². The summed E-state index contributed by atoms with van der Waals surface area (Å²) in [4.78, 5) is 11.0. The molecule has 6 heteroatoms. The number of aromatic amines is 1. The molecule has 1 aromatic rings. The molecule has 0 fully saturated rings. The van der Waals surface area contributed by atoms with Crippen molar-refractivity contribution >= 4 is 17.6 Å². The van der Waals surface area contributed by atoms with Crippen LogP contribution in [0.4, 0.5) is 0 Å². The van der Waals surface area contributed by atoms with Crippen molar-refractivity contribution in [3.63, 3.8) is 0 Å². The highest BCUT2D eigenvalue weighted by Crippen LogP contribution is 2.18. The highest BCUT2D eigenvalue weighted by Gasteiger charge is 2.17. The Balaban J connectivity index is 2.92. The summed E-state index contributed by atoms with van der Waals surface area (Å²) in [7, 11) is 1.27. The van der Waals surface area contributed by atoms with Gasteiger partial charge in [0.25, 0.3) is 0 Å². The molecule has 5 nitrogen and oxygen atoms in total. The molecule has 72 valence electrons. The Hall–Kier alpha value is -1.07. The number of nitrogens with two attached hydrogens (primary N) is 1. The Bertz CT molecular complexity index is 311. The van der Waals surface area contributed by atoms with Crippen LogP contribution in [0.15, 0.2) is 0 Å². The quantitative estimate of drug-likeness (QED) is 0.695. The Morgan fingerprint density at radius 1 is 1.77 bits per heavy atom. The fourth-order valence-electron chi connectivity index (χ4n) is 0.906. The largest absolute Gasteiger partial charge is 0.464 e. The Morgan fingerprint density at radius 2 is 2.46 bits per heavy atom. The van der Waals surface area contributed by atoms with Gasteiger partial charge in [-0.15, -0.1) is 0 Å². The van der Waals surface area contributed by atoms with Gasteiger partial charge in [-0.1, -0.05) is 11.6 Å². The van der Waals surface area contributed by atoms with E-state index in [4.69, 9.17) is 17.3 Å². The molecule has 0 saturated heterocycles. The lowest BCUT2D eigenvalue weighted by molar-refractivity contribution is 0.0594. The summed E-state index contributed by atoms with van der Waals surface area (Å²) in [6, 6.07) is 0. The van der Waals surface area contributed by atoms with Crippen molar-refractivity contribution in [2.24, 2.45) is 5.73 Å². The molecule has 0 unspecified atom stereocenters. The molecule has 1 rings (SSSR count). The molecule has 0 atom stereocenters. The molecule has 3 N–H and O–H groups in total. The van der Waals surface area contributed by atoms with Crippen molar-refractivity contribution in [3.05, 3.63) is 16.4 Å². The number of carbonyl (C=O) groups excluding carboxylic acids is 1. The number of halogens is 1. The molecule has 0 amide bonds. The predicted octanol–water partition coefficient (Wildman–Crippen LogP) is 0.351. The third kappa shape index (κ3) is 1.99. The van der Waals surface area contributed by atoms with E-state index in [0.717, 1.165) is 0 Å². The minimum Gasteiger partial charge on any atom is -0.464 e. The van der Waals surface area contributed by atoms with Gasteiger partial charge in [0.15, 0.2) is 5.69 Å². The molecule has 0 radical (unpaired) electrons. The first kappa shape index (κ1) is 10.0. The third-order valence-corrected chi connectivity index (χ3v) is 1.96. The number of hydrogen-bond donors (Lipinski definition) is 2. The van der Waals surface area contributed by atoms with E-state index in [9.17, 15) is 4.79 Å². The first-order valence-corrected chi connectivity index (χ1v) is 4.09. The van der Waals surface area contributed by atoms with Gasteiger partial charge in [0.05, 0.1) is 17.8 Å². The zero-order chi connectivity index (χ0) is 9.84.